The van der Waals surface area contributed by atoms with Gasteiger partial charge in [-0.1, -0.05) is 18.2 Å². The van der Waals surface area contributed by atoms with Crippen molar-refractivity contribution in [3.63, 3.8) is 0 Å². The second-order valence-corrected chi connectivity index (χ2v) is 5.94. The molecule has 0 saturated heterocycles. The number of pyridine rings is 2. The number of nitrogens with zero attached hydrogens (tertiary/aromatic N) is 3. The zero-order valence-electron chi connectivity index (χ0n) is 13.1. The minimum atomic E-state index is 0.0384. The van der Waals surface area contributed by atoms with Gasteiger partial charge in [-0.05, 0) is 48.9 Å². The maximum Gasteiger partial charge on any atom is 0.255 e. The molecule has 0 fully saturated rings. The van der Waals surface area contributed by atoms with Crippen LogP contribution in [-0.4, -0.2) is 27.3 Å². The lowest BCUT2D eigenvalue weighted by Crippen LogP contribution is -2.35. The lowest BCUT2D eigenvalue weighted by atomic mass is 9.93. The number of rotatable bonds is 5. The molecule has 0 aliphatic heterocycles. The number of hydrogen-bond acceptors (Lipinski definition) is 3. The van der Waals surface area contributed by atoms with Gasteiger partial charge in [0.2, 0.25) is 0 Å². The Morgan fingerprint density at radius 3 is 2.61 bits per heavy atom. The van der Waals surface area contributed by atoms with E-state index in [1.165, 1.54) is 0 Å². The third-order valence-corrected chi connectivity index (χ3v) is 4.15. The second-order valence-electron chi connectivity index (χ2n) is 5.94. The van der Waals surface area contributed by atoms with Gasteiger partial charge in [-0.3, -0.25) is 14.8 Å². The third kappa shape index (κ3) is 4.25. The van der Waals surface area contributed by atoms with E-state index in [0.29, 0.717) is 18.0 Å². The van der Waals surface area contributed by atoms with Gasteiger partial charge < -0.3 is 4.90 Å². The molecule has 0 spiro atoms. The Hall–Kier alpha value is -2.49. The molecule has 4 heteroatoms. The van der Waals surface area contributed by atoms with Crippen LogP contribution in [0.25, 0.3) is 0 Å². The molecule has 0 N–H and O–H groups in total. The molecule has 3 rings (SSSR count). The number of carbonyl (C=O) groups is 1. The minimum Gasteiger partial charge on any atom is -0.334 e. The zero-order chi connectivity index (χ0) is 15.9. The van der Waals surface area contributed by atoms with E-state index in [1.807, 2.05) is 29.3 Å². The molecule has 0 unspecified atom stereocenters. The predicted molar refractivity (Wildman–Crippen MR) is 89.7 cm³/mol. The Morgan fingerprint density at radius 2 is 1.96 bits per heavy atom. The standard InChI is InChI=1S/C19H21N3O/c23-19(18-9-5-11-21-13-18)22(14-16-6-2-1-3-7-16)15-17-8-4-10-20-12-17/h1-2,4-5,8-13,16H,3,6-7,14-15H2/t16-/m0/s1. The molecule has 1 aliphatic carbocycles. The van der Waals surface area contributed by atoms with E-state index in [9.17, 15) is 4.79 Å². The molecule has 2 aromatic rings. The van der Waals surface area contributed by atoms with Gasteiger partial charge in [-0.15, -0.1) is 0 Å². The summed E-state index contributed by atoms with van der Waals surface area (Å²) in [4.78, 5) is 23.0. The normalized spacial score (nSPS) is 17.0. The Kier molecular flexibility index (Phi) is 5.14. The van der Waals surface area contributed by atoms with Gasteiger partial charge in [0.25, 0.3) is 5.91 Å². The minimum absolute atomic E-state index is 0.0384. The molecular formula is C19H21N3O. The fourth-order valence-electron chi connectivity index (χ4n) is 2.94. The van der Waals surface area contributed by atoms with Gasteiger partial charge in [0.1, 0.15) is 0 Å². The summed E-state index contributed by atoms with van der Waals surface area (Å²) in [5, 5.41) is 0. The average Bonchev–Trinajstić information content (AvgIpc) is 2.63. The summed E-state index contributed by atoms with van der Waals surface area (Å²) in [6.07, 6.45) is 14.6. The van der Waals surface area contributed by atoms with Gasteiger partial charge in [0.05, 0.1) is 5.56 Å². The van der Waals surface area contributed by atoms with Crippen molar-refractivity contribution in [2.45, 2.75) is 25.8 Å². The van der Waals surface area contributed by atoms with Crippen LogP contribution in [0.3, 0.4) is 0 Å². The molecule has 2 aromatic heterocycles. The van der Waals surface area contributed by atoms with E-state index in [1.54, 1.807) is 24.7 Å². The summed E-state index contributed by atoms with van der Waals surface area (Å²) in [6, 6.07) is 7.55. The molecule has 0 bridgehead atoms. The van der Waals surface area contributed by atoms with Crippen LogP contribution in [0.1, 0.15) is 35.2 Å². The molecular weight excluding hydrogens is 286 g/mol. The van der Waals surface area contributed by atoms with Crippen molar-refractivity contribution in [3.8, 4) is 0 Å². The van der Waals surface area contributed by atoms with E-state index in [4.69, 9.17) is 0 Å². The summed E-state index contributed by atoms with van der Waals surface area (Å²) >= 11 is 0. The first-order valence-electron chi connectivity index (χ1n) is 8.06. The maximum absolute atomic E-state index is 12.9. The van der Waals surface area contributed by atoms with E-state index in [2.05, 4.69) is 22.1 Å². The van der Waals surface area contributed by atoms with Crippen molar-refractivity contribution in [1.82, 2.24) is 14.9 Å². The Labute approximate surface area is 136 Å². The van der Waals surface area contributed by atoms with E-state index < -0.39 is 0 Å². The zero-order valence-corrected chi connectivity index (χ0v) is 13.1. The van der Waals surface area contributed by atoms with E-state index >= 15 is 0 Å². The molecule has 0 radical (unpaired) electrons. The van der Waals surface area contributed by atoms with Crippen LogP contribution >= 0.6 is 0 Å². The first-order valence-corrected chi connectivity index (χ1v) is 8.06. The SMILES string of the molecule is O=C(c1cccnc1)N(Cc1cccnc1)C[C@H]1CC=CCC1. The molecule has 23 heavy (non-hydrogen) atoms. The highest BCUT2D eigenvalue weighted by molar-refractivity contribution is 5.93. The molecule has 118 valence electrons. The predicted octanol–water partition coefficient (Wildman–Crippen LogP) is 3.48. The highest BCUT2D eigenvalue weighted by atomic mass is 16.2. The Morgan fingerprint density at radius 1 is 1.13 bits per heavy atom. The lowest BCUT2D eigenvalue weighted by molar-refractivity contribution is 0.0709. The van der Waals surface area contributed by atoms with Crippen molar-refractivity contribution in [1.29, 1.82) is 0 Å². The summed E-state index contributed by atoms with van der Waals surface area (Å²) < 4.78 is 0. The van der Waals surface area contributed by atoms with Crippen LogP contribution in [0.15, 0.2) is 61.2 Å². The Balaban J connectivity index is 1.77. The summed E-state index contributed by atoms with van der Waals surface area (Å²) in [7, 11) is 0. The van der Waals surface area contributed by atoms with Crippen LogP contribution in [0.4, 0.5) is 0 Å². The molecule has 4 nitrogen and oxygen atoms in total. The van der Waals surface area contributed by atoms with Crippen LogP contribution in [0.2, 0.25) is 0 Å². The summed E-state index contributed by atoms with van der Waals surface area (Å²) in [6.45, 7) is 1.36. The topological polar surface area (TPSA) is 46.1 Å². The number of amides is 1. The van der Waals surface area contributed by atoms with Crippen LogP contribution in [0, 0.1) is 5.92 Å². The van der Waals surface area contributed by atoms with Gasteiger partial charge in [-0.25, -0.2) is 0 Å². The summed E-state index contributed by atoms with van der Waals surface area (Å²) in [5.74, 6) is 0.564. The first kappa shape index (κ1) is 15.4. The number of aromatic nitrogens is 2. The maximum atomic E-state index is 12.9. The van der Waals surface area contributed by atoms with Crippen LogP contribution in [0.5, 0.6) is 0 Å². The van der Waals surface area contributed by atoms with Gasteiger partial charge >= 0.3 is 0 Å². The van der Waals surface area contributed by atoms with Crippen molar-refractivity contribution >= 4 is 5.91 Å². The fraction of sp³-hybridized carbons (Fsp3) is 0.316. The molecule has 0 saturated carbocycles. The highest BCUT2D eigenvalue weighted by Gasteiger charge is 2.21. The molecule has 1 atom stereocenters. The molecule has 0 aromatic carbocycles. The summed E-state index contributed by atoms with van der Waals surface area (Å²) in [5.41, 5.74) is 1.69. The van der Waals surface area contributed by atoms with Crippen molar-refractivity contribution in [2.24, 2.45) is 5.92 Å². The molecule has 2 heterocycles. The fourth-order valence-corrected chi connectivity index (χ4v) is 2.94. The van der Waals surface area contributed by atoms with Crippen LogP contribution in [-0.2, 0) is 6.54 Å². The van der Waals surface area contributed by atoms with E-state index in [0.717, 1.165) is 31.4 Å². The van der Waals surface area contributed by atoms with Gasteiger partial charge in [0, 0.05) is 37.9 Å². The number of allylic oxidation sites excluding steroid dienone is 2. The third-order valence-electron chi connectivity index (χ3n) is 4.15. The second kappa shape index (κ2) is 7.68. The Bertz CT molecular complexity index is 655. The number of carbonyl (C=O) groups excluding carboxylic acids is 1. The quantitative estimate of drug-likeness (QED) is 0.795. The van der Waals surface area contributed by atoms with Crippen molar-refractivity contribution in [2.75, 3.05) is 6.54 Å². The van der Waals surface area contributed by atoms with Crippen LogP contribution < -0.4 is 0 Å². The number of hydrogen-bond donors (Lipinski definition) is 0. The average molecular weight is 307 g/mol. The lowest BCUT2D eigenvalue weighted by Gasteiger charge is -2.28. The molecule has 1 amide bonds. The van der Waals surface area contributed by atoms with Gasteiger partial charge in [0.15, 0.2) is 0 Å². The molecule has 1 aliphatic rings. The largest absolute Gasteiger partial charge is 0.334 e. The smallest absolute Gasteiger partial charge is 0.255 e. The monoisotopic (exact) mass is 307 g/mol. The van der Waals surface area contributed by atoms with Crippen molar-refractivity contribution in [3.05, 3.63) is 72.3 Å². The highest BCUT2D eigenvalue weighted by Crippen LogP contribution is 2.21. The first-order chi connectivity index (χ1) is 11.3. The van der Waals surface area contributed by atoms with Gasteiger partial charge in [-0.2, -0.15) is 0 Å². The van der Waals surface area contributed by atoms with Crippen molar-refractivity contribution < 1.29 is 4.79 Å². The van der Waals surface area contributed by atoms with E-state index in [-0.39, 0.29) is 5.91 Å².